The van der Waals surface area contributed by atoms with Crippen LogP contribution in [0.4, 0.5) is 0 Å². The molecule has 27 heavy (non-hydrogen) atoms. The second-order valence-corrected chi connectivity index (χ2v) is 8.01. The Balaban J connectivity index is 1.76. The number of carboxylic acid groups (broad SMARTS) is 1. The zero-order valence-electron chi connectivity index (χ0n) is 16.3. The zero-order chi connectivity index (χ0) is 18.9. The van der Waals surface area contributed by atoms with Crippen LogP contribution in [0.15, 0.2) is 70.9 Å². The molecule has 0 aliphatic heterocycles. The third-order valence-electron chi connectivity index (χ3n) is 6.02. The van der Waals surface area contributed by atoms with Crippen LogP contribution in [0.3, 0.4) is 0 Å². The van der Waals surface area contributed by atoms with Gasteiger partial charge >= 0.3 is 5.97 Å². The Morgan fingerprint density at radius 2 is 1.63 bits per heavy atom. The lowest BCUT2D eigenvalue weighted by molar-refractivity contribution is -0.132. The summed E-state index contributed by atoms with van der Waals surface area (Å²) in [5.74, 6) is 0.0941. The van der Waals surface area contributed by atoms with Gasteiger partial charge in [0.05, 0.1) is 5.57 Å². The third kappa shape index (κ3) is 6.23. The minimum absolute atomic E-state index is 0.454. The summed E-state index contributed by atoms with van der Waals surface area (Å²) >= 11 is 0. The minimum Gasteiger partial charge on any atom is -0.478 e. The molecule has 1 N–H and O–H groups in total. The van der Waals surface area contributed by atoms with E-state index in [4.69, 9.17) is 0 Å². The molecule has 0 heterocycles. The first kappa shape index (κ1) is 19.7. The van der Waals surface area contributed by atoms with Crippen molar-refractivity contribution >= 4 is 5.97 Å². The summed E-state index contributed by atoms with van der Waals surface area (Å²) in [7, 11) is 0. The highest BCUT2D eigenvalue weighted by Crippen LogP contribution is 2.32. The Labute approximate surface area is 163 Å². The van der Waals surface area contributed by atoms with Gasteiger partial charge in [-0.3, -0.25) is 0 Å². The van der Waals surface area contributed by atoms with E-state index in [-0.39, 0.29) is 0 Å². The number of aliphatic carboxylic acids is 1. The van der Waals surface area contributed by atoms with E-state index in [0.717, 1.165) is 30.8 Å². The van der Waals surface area contributed by atoms with Crippen molar-refractivity contribution in [3.05, 3.63) is 70.9 Å². The lowest BCUT2D eigenvalue weighted by atomic mass is 9.82. The van der Waals surface area contributed by atoms with Crippen LogP contribution in [-0.2, 0) is 4.79 Å². The zero-order valence-corrected chi connectivity index (χ0v) is 16.3. The summed E-state index contributed by atoms with van der Waals surface area (Å²) < 4.78 is 0. The highest BCUT2D eigenvalue weighted by molar-refractivity contribution is 5.93. The van der Waals surface area contributed by atoms with Gasteiger partial charge in [0.2, 0.25) is 0 Å². The Morgan fingerprint density at radius 3 is 2.41 bits per heavy atom. The molecule has 144 valence electrons. The van der Waals surface area contributed by atoms with Crippen LogP contribution in [0.1, 0.15) is 70.6 Å². The van der Waals surface area contributed by atoms with E-state index < -0.39 is 5.97 Å². The van der Waals surface area contributed by atoms with Crippen LogP contribution in [0.5, 0.6) is 0 Å². The molecule has 2 nitrogen and oxygen atoms in total. The van der Waals surface area contributed by atoms with Crippen molar-refractivity contribution in [2.45, 2.75) is 70.6 Å². The highest BCUT2D eigenvalue weighted by atomic mass is 16.4. The third-order valence-corrected chi connectivity index (χ3v) is 6.02. The fourth-order valence-electron chi connectivity index (χ4n) is 4.33. The summed E-state index contributed by atoms with van der Waals surface area (Å²) in [6.07, 6.45) is 29.7. The van der Waals surface area contributed by atoms with E-state index in [9.17, 15) is 9.90 Å². The SMILES string of the molecule is O=C(O)C1=CC2=C\CCCCCC3CCC(=C\C=C/C=C\C=C/1CC\2)CC3. The molecule has 0 aromatic rings. The molecule has 0 saturated heterocycles. The van der Waals surface area contributed by atoms with Crippen LogP contribution < -0.4 is 0 Å². The van der Waals surface area contributed by atoms with Gasteiger partial charge < -0.3 is 5.11 Å². The maximum atomic E-state index is 11.6. The van der Waals surface area contributed by atoms with E-state index in [0.29, 0.717) is 5.57 Å². The van der Waals surface area contributed by atoms with Gasteiger partial charge in [0, 0.05) is 0 Å². The first-order chi connectivity index (χ1) is 13.2. The van der Waals surface area contributed by atoms with Crippen molar-refractivity contribution in [2.75, 3.05) is 0 Å². The van der Waals surface area contributed by atoms with Crippen molar-refractivity contribution in [3.63, 3.8) is 0 Å². The molecular formula is C25H32O2. The van der Waals surface area contributed by atoms with Gasteiger partial charge in [-0.1, -0.05) is 72.9 Å². The number of hydrogen-bond donors (Lipinski definition) is 1. The Morgan fingerprint density at radius 1 is 0.852 bits per heavy atom. The Hall–Kier alpha value is -2.09. The number of rotatable bonds is 1. The largest absolute Gasteiger partial charge is 0.478 e. The molecular weight excluding hydrogens is 332 g/mol. The molecule has 0 amide bonds. The molecule has 2 heteroatoms. The first-order valence-corrected chi connectivity index (χ1v) is 10.6. The second-order valence-electron chi connectivity index (χ2n) is 8.01. The Bertz CT molecular complexity index is 703. The van der Waals surface area contributed by atoms with Crippen molar-refractivity contribution in [1.29, 1.82) is 0 Å². The number of carbonyl (C=O) groups is 1. The molecule has 0 aromatic carbocycles. The van der Waals surface area contributed by atoms with Crippen LogP contribution in [0.25, 0.3) is 0 Å². The summed E-state index contributed by atoms with van der Waals surface area (Å²) in [5.41, 5.74) is 4.14. The summed E-state index contributed by atoms with van der Waals surface area (Å²) in [6.45, 7) is 0. The summed E-state index contributed by atoms with van der Waals surface area (Å²) in [5, 5.41) is 9.55. The molecule has 6 aliphatic carbocycles. The maximum absolute atomic E-state index is 11.6. The van der Waals surface area contributed by atoms with E-state index in [1.807, 2.05) is 30.4 Å². The van der Waals surface area contributed by atoms with Crippen molar-refractivity contribution in [1.82, 2.24) is 0 Å². The van der Waals surface area contributed by atoms with Gasteiger partial charge in [-0.15, -0.1) is 0 Å². The monoisotopic (exact) mass is 364 g/mol. The smallest absolute Gasteiger partial charge is 0.335 e. The molecule has 1 fully saturated rings. The maximum Gasteiger partial charge on any atom is 0.335 e. The highest BCUT2D eigenvalue weighted by Gasteiger charge is 2.18. The van der Waals surface area contributed by atoms with Crippen LogP contribution in [-0.4, -0.2) is 11.1 Å². The van der Waals surface area contributed by atoms with Gasteiger partial charge in [-0.25, -0.2) is 4.79 Å². The molecule has 4 bridgehead atoms. The lowest BCUT2D eigenvalue weighted by Crippen LogP contribution is -2.08. The van der Waals surface area contributed by atoms with E-state index in [2.05, 4.69) is 18.2 Å². The average molecular weight is 365 g/mol. The second kappa shape index (κ2) is 10.3. The molecule has 0 aromatic heterocycles. The lowest BCUT2D eigenvalue weighted by Gasteiger charge is -2.23. The summed E-state index contributed by atoms with van der Waals surface area (Å²) in [4.78, 5) is 11.6. The van der Waals surface area contributed by atoms with Crippen molar-refractivity contribution < 1.29 is 9.90 Å². The molecule has 6 aliphatic rings. The van der Waals surface area contributed by atoms with Crippen molar-refractivity contribution in [2.24, 2.45) is 5.92 Å². The van der Waals surface area contributed by atoms with Crippen LogP contribution in [0, 0.1) is 5.92 Å². The molecule has 0 atom stereocenters. The quantitative estimate of drug-likeness (QED) is 0.553. The average Bonchev–Trinajstić information content (AvgIpc) is 2.68. The standard InChI is InChI=1S/C25H32O2/c26-25(27)24-19-22-11-7-2-1-5-9-20-13-15-21(16-14-20)10-6-3-4-8-12-23(24)18-17-22/h3-4,6,8,10-12,19-20H,1-2,5,7,9,13-18H2,(H,26,27)/b6-3-,8-4-,21-10?,22-11-,23-12-. The predicted molar refractivity (Wildman–Crippen MR) is 113 cm³/mol. The van der Waals surface area contributed by atoms with Gasteiger partial charge in [0.25, 0.3) is 0 Å². The normalized spacial score (nSPS) is 30.9. The van der Waals surface area contributed by atoms with E-state index in [1.54, 1.807) is 5.57 Å². The van der Waals surface area contributed by atoms with Crippen LogP contribution >= 0.6 is 0 Å². The van der Waals surface area contributed by atoms with Gasteiger partial charge in [-0.05, 0) is 68.9 Å². The van der Waals surface area contributed by atoms with Gasteiger partial charge in [-0.2, -0.15) is 0 Å². The minimum atomic E-state index is -0.821. The molecule has 0 unspecified atom stereocenters. The number of hydrogen-bond acceptors (Lipinski definition) is 1. The summed E-state index contributed by atoms with van der Waals surface area (Å²) in [6, 6.07) is 0. The molecule has 1 saturated carbocycles. The number of allylic oxidation sites excluding steroid dienone is 10. The van der Waals surface area contributed by atoms with E-state index in [1.165, 1.54) is 56.9 Å². The predicted octanol–water partition coefficient (Wildman–Crippen LogP) is 6.84. The molecule has 6 rings (SSSR count). The fraction of sp³-hybridized carbons (Fsp3) is 0.480. The Kier molecular flexibility index (Phi) is 7.50. The molecule has 0 spiro atoms. The number of carboxylic acids is 1. The fourth-order valence-corrected chi connectivity index (χ4v) is 4.33. The van der Waals surface area contributed by atoms with Gasteiger partial charge in [0.1, 0.15) is 0 Å². The first-order valence-electron chi connectivity index (χ1n) is 10.6. The van der Waals surface area contributed by atoms with E-state index >= 15 is 0 Å². The topological polar surface area (TPSA) is 37.3 Å². The van der Waals surface area contributed by atoms with Crippen LogP contribution in [0.2, 0.25) is 0 Å². The van der Waals surface area contributed by atoms with Crippen molar-refractivity contribution in [3.8, 4) is 0 Å². The van der Waals surface area contributed by atoms with Gasteiger partial charge in [0.15, 0.2) is 0 Å². The molecule has 0 radical (unpaired) electrons.